The first-order valence-electron chi connectivity index (χ1n) is 14.9. The van der Waals surface area contributed by atoms with Gasteiger partial charge in [0, 0.05) is 30.3 Å². The highest BCUT2D eigenvalue weighted by atomic mass is 16.7. The maximum Gasteiger partial charge on any atom is 0.331 e. The lowest BCUT2D eigenvalue weighted by atomic mass is 9.40. The summed E-state index contributed by atoms with van der Waals surface area (Å²) in [6, 6.07) is 0. The van der Waals surface area contributed by atoms with Gasteiger partial charge in [-0.05, 0) is 56.4 Å². The molecule has 1 saturated heterocycles. The monoisotopic (exact) mass is 584 g/mol. The molecule has 0 bridgehead atoms. The van der Waals surface area contributed by atoms with Gasteiger partial charge < -0.3 is 55.1 Å². The van der Waals surface area contributed by atoms with Crippen LogP contribution < -0.4 is 0 Å². The fraction of sp³-hybridized carbons (Fsp3) is 0.897. The van der Waals surface area contributed by atoms with Gasteiger partial charge in [-0.15, -0.1) is 0 Å². The summed E-state index contributed by atoms with van der Waals surface area (Å²) in [5, 5.41) is 89.6. The molecule has 0 spiro atoms. The van der Waals surface area contributed by atoms with Crippen molar-refractivity contribution in [2.45, 2.75) is 119 Å². The molecule has 0 radical (unpaired) electrons. The summed E-state index contributed by atoms with van der Waals surface area (Å²) in [6.07, 6.45) is -6.68. The second-order valence-corrected chi connectivity index (χ2v) is 13.8. The molecule has 41 heavy (non-hydrogen) atoms. The van der Waals surface area contributed by atoms with E-state index in [4.69, 9.17) is 14.2 Å². The van der Waals surface area contributed by atoms with Gasteiger partial charge in [-0.25, -0.2) is 4.79 Å². The zero-order chi connectivity index (χ0) is 29.7. The molecule has 5 fully saturated rings. The van der Waals surface area contributed by atoms with Crippen molar-refractivity contribution in [2.24, 2.45) is 28.6 Å². The van der Waals surface area contributed by atoms with Gasteiger partial charge in [-0.1, -0.05) is 6.92 Å². The highest BCUT2D eigenvalue weighted by Crippen LogP contribution is 2.70. The molecule has 232 valence electrons. The first kappa shape index (κ1) is 29.9. The first-order valence-corrected chi connectivity index (χ1v) is 14.9. The number of cyclic esters (lactones) is 1. The second kappa shape index (κ2) is 9.91. The van der Waals surface area contributed by atoms with E-state index in [0.717, 1.165) is 5.57 Å². The van der Waals surface area contributed by atoms with Crippen molar-refractivity contribution in [3.05, 3.63) is 11.6 Å². The van der Waals surface area contributed by atoms with Crippen molar-refractivity contribution < 1.29 is 59.9 Å². The Morgan fingerprint density at radius 1 is 1.02 bits per heavy atom. The summed E-state index contributed by atoms with van der Waals surface area (Å²) >= 11 is 0. The van der Waals surface area contributed by atoms with Crippen molar-refractivity contribution in [1.82, 2.24) is 0 Å². The summed E-state index contributed by atoms with van der Waals surface area (Å²) in [4.78, 5) is 11.8. The number of esters is 1. The Bertz CT molecular complexity index is 1080. The molecular weight excluding hydrogens is 540 g/mol. The Morgan fingerprint density at radius 3 is 2.41 bits per heavy atom. The van der Waals surface area contributed by atoms with Gasteiger partial charge in [-0.3, -0.25) is 0 Å². The van der Waals surface area contributed by atoms with E-state index in [1.54, 1.807) is 0 Å². The lowest BCUT2D eigenvalue weighted by molar-refractivity contribution is -0.342. The van der Waals surface area contributed by atoms with E-state index in [0.29, 0.717) is 19.3 Å². The average molecular weight is 585 g/mol. The number of hydrogen-bond acceptors (Lipinski definition) is 12. The smallest absolute Gasteiger partial charge is 0.331 e. The van der Waals surface area contributed by atoms with Crippen LogP contribution in [0.5, 0.6) is 0 Å². The van der Waals surface area contributed by atoms with Crippen LogP contribution >= 0.6 is 0 Å². The molecule has 12 nitrogen and oxygen atoms in total. The number of hydrogen-bond donors (Lipinski definition) is 8. The average Bonchev–Trinajstić information content (AvgIpc) is 3.45. The molecule has 8 N–H and O–H groups in total. The van der Waals surface area contributed by atoms with E-state index in [9.17, 15) is 45.6 Å². The zero-order valence-electron chi connectivity index (χ0n) is 23.5. The molecule has 0 unspecified atom stereocenters. The third-order valence-electron chi connectivity index (χ3n) is 12.2. The van der Waals surface area contributed by atoms with Crippen LogP contribution in [0.2, 0.25) is 0 Å². The summed E-state index contributed by atoms with van der Waals surface area (Å²) in [5.74, 6) is -1.93. The normalized spacial score (nSPS) is 56.9. The molecule has 0 aromatic rings. The number of ether oxygens (including phenoxy) is 3. The van der Waals surface area contributed by atoms with Crippen LogP contribution in [0.1, 0.15) is 58.8 Å². The van der Waals surface area contributed by atoms with Crippen LogP contribution in [0.4, 0.5) is 0 Å². The Balaban J connectivity index is 1.28. The van der Waals surface area contributed by atoms with Gasteiger partial charge in [0.15, 0.2) is 6.29 Å². The van der Waals surface area contributed by atoms with Gasteiger partial charge in [-0.2, -0.15) is 0 Å². The van der Waals surface area contributed by atoms with Gasteiger partial charge in [0.2, 0.25) is 0 Å². The standard InChI is InChI=1S/C29H44O12/c1-13-22(34)23(35)24(36)25(40-13)41-15-8-19(32)28(12-30)21-17(3-5-27(28,37)9-15)29(38)6-4-16(14-7-20(33)39-11-14)26(29,2)10-18(21)31/h7,13,15-19,21-25,30-32,34-38H,3-6,8-12H2,1-2H3/t13-,15-,16+,17+,18+,19+,21+,22+,23+,24+,25+,26+,27-,28+,29-/m0/s1. The number of fused-ring (bicyclic) bond motifs is 5. The molecule has 6 rings (SSSR count). The number of rotatable bonds is 4. The quantitative estimate of drug-likeness (QED) is 0.140. The van der Waals surface area contributed by atoms with Crippen molar-refractivity contribution in [3.8, 4) is 0 Å². The Kier molecular flexibility index (Phi) is 7.22. The number of aliphatic hydroxyl groups excluding tert-OH is 6. The van der Waals surface area contributed by atoms with Gasteiger partial charge in [0.05, 0.1) is 47.6 Å². The SMILES string of the molecule is C[C@@H]1O[C@H](O[C@H]2C[C@@H](O)[C@]3(CO)[C@H]4[C@H](O)C[C@]5(C)[C@@H](C6=CC(=O)OC6)CC[C@]5(O)[C@@H]4CC[C@]3(O)C2)[C@H](O)[C@H](O)[C@@H]1O. The lowest BCUT2D eigenvalue weighted by Crippen LogP contribution is -2.76. The highest BCUT2D eigenvalue weighted by molar-refractivity contribution is 5.85. The van der Waals surface area contributed by atoms with E-state index in [2.05, 4.69) is 0 Å². The molecule has 15 atom stereocenters. The minimum atomic E-state index is -1.67. The highest BCUT2D eigenvalue weighted by Gasteiger charge is 2.75. The Labute approximate surface area is 238 Å². The summed E-state index contributed by atoms with van der Waals surface area (Å²) in [7, 11) is 0. The minimum Gasteiger partial charge on any atom is -0.458 e. The fourth-order valence-corrected chi connectivity index (χ4v) is 10.1. The van der Waals surface area contributed by atoms with E-state index in [1.165, 1.54) is 13.0 Å². The van der Waals surface area contributed by atoms with Crippen LogP contribution in [0, 0.1) is 28.6 Å². The first-order chi connectivity index (χ1) is 19.2. The summed E-state index contributed by atoms with van der Waals surface area (Å²) in [6.45, 7) is 3.00. The van der Waals surface area contributed by atoms with Crippen molar-refractivity contribution in [3.63, 3.8) is 0 Å². The van der Waals surface area contributed by atoms with Crippen molar-refractivity contribution in [1.29, 1.82) is 0 Å². The summed E-state index contributed by atoms with van der Waals surface area (Å²) in [5.41, 5.74) is -4.46. The van der Waals surface area contributed by atoms with E-state index in [1.807, 2.05) is 6.92 Å². The molecule has 0 aromatic carbocycles. The Morgan fingerprint density at radius 2 is 1.76 bits per heavy atom. The van der Waals surface area contributed by atoms with E-state index in [-0.39, 0.29) is 38.2 Å². The van der Waals surface area contributed by atoms with Gasteiger partial charge in [0.25, 0.3) is 0 Å². The summed E-state index contributed by atoms with van der Waals surface area (Å²) < 4.78 is 16.7. The van der Waals surface area contributed by atoms with Crippen molar-refractivity contribution >= 4 is 5.97 Å². The number of carbonyl (C=O) groups excluding carboxylic acids is 1. The fourth-order valence-electron chi connectivity index (χ4n) is 10.1. The molecule has 12 heteroatoms. The van der Waals surface area contributed by atoms with E-state index < -0.39 is 95.5 Å². The van der Waals surface area contributed by atoms with Crippen LogP contribution in [0.25, 0.3) is 0 Å². The van der Waals surface area contributed by atoms with Gasteiger partial charge in [0.1, 0.15) is 24.9 Å². The molecule has 0 aromatic heterocycles. The maximum absolute atomic E-state index is 12.4. The molecule has 2 aliphatic heterocycles. The van der Waals surface area contributed by atoms with E-state index >= 15 is 0 Å². The topological polar surface area (TPSA) is 207 Å². The molecular formula is C29H44O12. The molecule has 4 saturated carbocycles. The second-order valence-electron chi connectivity index (χ2n) is 13.8. The predicted molar refractivity (Wildman–Crippen MR) is 139 cm³/mol. The zero-order valence-corrected chi connectivity index (χ0v) is 23.5. The lowest BCUT2D eigenvalue weighted by Gasteiger charge is -2.68. The number of carbonyl (C=O) groups is 1. The largest absolute Gasteiger partial charge is 0.458 e. The molecule has 4 aliphatic carbocycles. The van der Waals surface area contributed by atoms with Crippen LogP contribution in [-0.4, -0.2) is 120 Å². The van der Waals surface area contributed by atoms with Crippen molar-refractivity contribution in [2.75, 3.05) is 13.2 Å². The van der Waals surface area contributed by atoms with Crippen LogP contribution in [-0.2, 0) is 19.0 Å². The predicted octanol–water partition coefficient (Wildman–Crippen LogP) is -1.51. The Hall–Kier alpha value is -1.19. The molecule has 0 amide bonds. The third kappa shape index (κ3) is 3.99. The van der Waals surface area contributed by atoms with Gasteiger partial charge >= 0.3 is 5.97 Å². The maximum atomic E-state index is 12.4. The van der Waals surface area contributed by atoms with Crippen LogP contribution in [0.15, 0.2) is 11.6 Å². The van der Waals surface area contributed by atoms with Crippen LogP contribution in [0.3, 0.4) is 0 Å². The molecule has 6 aliphatic rings. The minimum absolute atomic E-state index is 0.0369. The molecule has 2 heterocycles. The number of aliphatic hydroxyl groups is 8. The third-order valence-corrected chi connectivity index (χ3v) is 12.2.